The monoisotopic (exact) mass is 279 g/mol. The molecule has 0 unspecified atom stereocenters. The molecule has 3 N–H and O–H groups in total. The quantitative estimate of drug-likeness (QED) is 0.600. The van der Waals surface area contributed by atoms with Gasteiger partial charge >= 0.3 is 5.97 Å². The first-order valence-electron chi connectivity index (χ1n) is 6.83. The van der Waals surface area contributed by atoms with Crippen molar-refractivity contribution in [2.24, 2.45) is 0 Å². The number of hydrogen-bond donors (Lipinski definition) is 3. The molecule has 0 radical (unpaired) electrons. The van der Waals surface area contributed by atoms with Crippen LogP contribution in [0.2, 0.25) is 0 Å². The van der Waals surface area contributed by atoms with Gasteiger partial charge in [0.25, 0.3) is 5.91 Å². The number of hydrogen-bond acceptors (Lipinski definition) is 4. The molecular formula is C14H21N3O3. The van der Waals surface area contributed by atoms with Gasteiger partial charge in [0.05, 0.1) is 0 Å². The van der Waals surface area contributed by atoms with Gasteiger partial charge in [-0.25, -0.2) is 0 Å². The van der Waals surface area contributed by atoms with Crippen LogP contribution >= 0.6 is 0 Å². The zero-order chi connectivity index (χ0) is 14.8. The van der Waals surface area contributed by atoms with Gasteiger partial charge in [-0.1, -0.05) is 6.42 Å². The Morgan fingerprint density at radius 1 is 1.30 bits per heavy atom. The van der Waals surface area contributed by atoms with E-state index < -0.39 is 5.97 Å². The SMILES string of the molecule is CCNC(=O)c1cc(NCCCCCC(=O)O)ccn1. The van der Waals surface area contributed by atoms with Crippen molar-refractivity contribution in [1.82, 2.24) is 10.3 Å². The van der Waals surface area contributed by atoms with E-state index in [2.05, 4.69) is 15.6 Å². The number of unbranched alkanes of at least 4 members (excludes halogenated alkanes) is 2. The number of nitrogens with one attached hydrogen (secondary N) is 2. The third-order valence-corrected chi connectivity index (χ3v) is 2.73. The minimum absolute atomic E-state index is 0.183. The van der Waals surface area contributed by atoms with Gasteiger partial charge in [-0.3, -0.25) is 14.6 Å². The zero-order valence-electron chi connectivity index (χ0n) is 11.7. The molecule has 1 aromatic heterocycles. The molecule has 1 heterocycles. The second-order valence-electron chi connectivity index (χ2n) is 4.42. The molecular weight excluding hydrogens is 258 g/mol. The molecule has 20 heavy (non-hydrogen) atoms. The molecule has 0 saturated heterocycles. The van der Waals surface area contributed by atoms with E-state index in [1.54, 1.807) is 18.3 Å². The van der Waals surface area contributed by atoms with Gasteiger partial charge in [-0.15, -0.1) is 0 Å². The van der Waals surface area contributed by atoms with Crippen molar-refractivity contribution in [1.29, 1.82) is 0 Å². The van der Waals surface area contributed by atoms with Gasteiger partial charge in [0, 0.05) is 31.4 Å². The van der Waals surface area contributed by atoms with Crippen molar-refractivity contribution in [3.05, 3.63) is 24.0 Å². The van der Waals surface area contributed by atoms with E-state index >= 15 is 0 Å². The predicted molar refractivity (Wildman–Crippen MR) is 76.8 cm³/mol. The Labute approximate surface area is 118 Å². The van der Waals surface area contributed by atoms with Crippen LogP contribution in [0.1, 0.15) is 43.1 Å². The molecule has 0 aliphatic rings. The van der Waals surface area contributed by atoms with Crippen molar-refractivity contribution < 1.29 is 14.7 Å². The summed E-state index contributed by atoms with van der Waals surface area (Å²) in [6.07, 6.45) is 4.27. The molecule has 1 rings (SSSR count). The maximum atomic E-state index is 11.6. The third-order valence-electron chi connectivity index (χ3n) is 2.73. The zero-order valence-corrected chi connectivity index (χ0v) is 11.7. The summed E-state index contributed by atoms with van der Waals surface area (Å²) in [6.45, 7) is 3.18. The van der Waals surface area contributed by atoms with Gasteiger partial charge in [0.15, 0.2) is 0 Å². The molecule has 0 fully saturated rings. The highest BCUT2D eigenvalue weighted by Gasteiger charge is 2.06. The molecule has 0 aromatic carbocycles. The lowest BCUT2D eigenvalue weighted by molar-refractivity contribution is -0.137. The fourth-order valence-electron chi connectivity index (χ4n) is 1.73. The van der Waals surface area contributed by atoms with Crippen LogP contribution in [0.4, 0.5) is 5.69 Å². The summed E-state index contributed by atoms with van der Waals surface area (Å²) in [6, 6.07) is 3.52. The minimum Gasteiger partial charge on any atom is -0.481 e. The van der Waals surface area contributed by atoms with Gasteiger partial charge in [0.1, 0.15) is 5.69 Å². The van der Waals surface area contributed by atoms with Gasteiger partial charge in [-0.05, 0) is 31.9 Å². The minimum atomic E-state index is -0.751. The summed E-state index contributed by atoms with van der Waals surface area (Å²) in [5.74, 6) is -0.934. The molecule has 0 bridgehead atoms. The number of anilines is 1. The van der Waals surface area contributed by atoms with Crippen molar-refractivity contribution in [2.75, 3.05) is 18.4 Å². The largest absolute Gasteiger partial charge is 0.481 e. The Morgan fingerprint density at radius 3 is 2.80 bits per heavy atom. The van der Waals surface area contributed by atoms with Crippen LogP contribution in [0.3, 0.4) is 0 Å². The highest BCUT2D eigenvalue weighted by Crippen LogP contribution is 2.09. The summed E-state index contributed by atoms with van der Waals surface area (Å²) < 4.78 is 0. The smallest absolute Gasteiger partial charge is 0.303 e. The van der Waals surface area contributed by atoms with E-state index in [0.29, 0.717) is 18.7 Å². The average Bonchev–Trinajstić information content (AvgIpc) is 2.43. The first-order valence-corrected chi connectivity index (χ1v) is 6.83. The number of amides is 1. The molecule has 0 atom stereocenters. The van der Waals surface area contributed by atoms with E-state index in [0.717, 1.165) is 25.1 Å². The fraction of sp³-hybridized carbons (Fsp3) is 0.500. The van der Waals surface area contributed by atoms with Crippen molar-refractivity contribution in [3.8, 4) is 0 Å². The van der Waals surface area contributed by atoms with Crippen LogP contribution in [0.25, 0.3) is 0 Å². The Kier molecular flexibility index (Phi) is 7.10. The third kappa shape index (κ3) is 6.17. The maximum Gasteiger partial charge on any atom is 0.303 e. The van der Waals surface area contributed by atoms with Crippen molar-refractivity contribution in [3.63, 3.8) is 0 Å². The molecule has 1 amide bonds. The first-order chi connectivity index (χ1) is 9.63. The lowest BCUT2D eigenvalue weighted by atomic mass is 10.2. The summed E-state index contributed by atoms with van der Waals surface area (Å²) >= 11 is 0. The number of carbonyl (C=O) groups is 2. The molecule has 0 aliphatic heterocycles. The van der Waals surface area contributed by atoms with Gasteiger partial charge in [0.2, 0.25) is 0 Å². The van der Waals surface area contributed by atoms with Crippen LogP contribution in [-0.4, -0.2) is 35.1 Å². The summed E-state index contributed by atoms with van der Waals surface area (Å²) in [5, 5.41) is 14.4. The Balaban J connectivity index is 2.31. The van der Waals surface area contributed by atoms with E-state index in [1.165, 1.54) is 0 Å². The fourth-order valence-corrected chi connectivity index (χ4v) is 1.73. The number of rotatable bonds is 9. The number of aromatic nitrogens is 1. The first kappa shape index (κ1) is 15.9. The number of pyridine rings is 1. The number of nitrogens with zero attached hydrogens (tertiary/aromatic N) is 1. The highest BCUT2D eigenvalue weighted by molar-refractivity contribution is 5.93. The second kappa shape index (κ2) is 8.90. The number of carboxylic acid groups (broad SMARTS) is 1. The van der Waals surface area contributed by atoms with E-state index in [1.807, 2.05) is 6.92 Å². The lowest BCUT2D eigenvalue weighted by Gasteiger charge is -2.07. The van der Waals surface area contributed by atoms with E-state index in [9.17, 15) is 9.59 Å². The van der Waals surface area contributed by atoms with Crippen LogP contribution in [-0.2, 0) is 4.79 Å². The Bertz CT molecular complexity index is 449. The normalized spacial score (nSPS) is 10.1. The van der Waals surface area contributed by atoms with Gasteiger partial charge < -0.3 is 15.7 Å². The highest BCUT2D eigenvalue weighted by atomic mass is 16.4. The van der Waals surface area contributed by atoms with E-state index in [-0.39, 0.29) is 12.3 Å². The number of aliphatic carboxylic acids is 1. The van der Waals surface area contributed by atoms with Crippen LogP contribution in [0.15, 0.2) is 18.3 Å². The standard InChI is InChI=1S/C14H21N3O3/c1-2-15-14(20)12-10-11(7-9-17-12)16-8-5-3-4-6-13(18)19/h7,9-10H,2-6,8H2,1H3,(H,15,20)(H,16,17)(H,18,19). The molecule has 110 valence electrons. The van der Waals surface area contributed by atoms with Crippen LogP contribution in [0, 0.1) is 0 Å². The molecule has 1 aromatic rings. The topological polar surface area (TPSA) is 91.3 Å². The molecule has 0 spiro atoms. The number of carboxylic acids is 1. The second-order valence-corrected chi connectivity index (χ2v) is 4.42. The summed E-state index contributed by atoms with van der Waals surface area (Å²) in [5.41, 5.74) is 1.24. The molecule has 6 nitrogen and oxygen atoms in total. The van der Waals surface area contributed by atoms with E-state index in [4.69, 9.17) is 5.11 Å². The molecule has 6 heteroatoms. The Morgan fingerprint density at radius 2 is 2.10 bits per heavy atom. The predicted octanol–water partition coefficient (Wildman–Crippen LogP) is 1.89. The summed E-state index contributed by atoms with van der Waals surface area (Å²) in [4.78, 5) is 26.0. The lowest BCUT2D eigenvalue weighted by Crippen LogP contribution is -2.23. The number of carbonyl (C=O) groups excluding carboxylic acids is 1. The van der Waals surface area contributed by atoms with Crippen LogP contribution < -0.4 is 10.6 Å². The van der Waals surface area contributed by atoms with Crippen LogP contribution in [0.5, 0.6) is 0 Å². The summed E-state index contributed by atoms with van der Waals surface area (Å²) in [7, 11) is 0. The van der Waals surface area contributed by atoms with Crippen molar-refractivity contribution in [2.45, 2.75) is 32.6 Å². The van der Waals surface area contributed by atoms with Gasteiger partial charge in [-0.2, -0.15) is 0 Å². The average molecular weight is 279 g/mol. The maximum absolute atomic E-state index is 11.6. The molecule has 0 aliphatic carbocycles. The Hall–Kier alpha value is -2.11. The van der Waals surface area contributed by atoms with Crippen molar-refractivity contribution >= 4 is 17.6 Å². The molecule has 0 saturated carbocycles.